The zero-order valence-corrected chi connectivity index (χ0v) is 15.0. The van der Waals surface area contributed by atoms with Gasteiger partial charge in [0, 0.05) is 24.7 Å². The minimum Gasteiger partial charge on any atom is -0.349 e. The number of carbonyl (C=O) groups is 1. The predicted molar refractivity (Wildman–Crippen MR) is 93.3 cm³/mol. The van der Waals surface area contributed by atoms with Crippen LogP contribution in [0.3, 0.4) is 0 Å². The fourth-order valence-electron chi connectivity index (χ4n) is 3.64. The van der Waals surface area contributed by atoms with E-state index in [0.29, 0.717) is 24.6 Å². The zero-order valence-electron chi connectivity index (χ0n) is 14.2. The van der Waals surface area contributed by atoms with Gasteiger partial charge in [-0.3, -0.25) is 4.79 Å². The Balaban J connectivity index is 1.68. The van der Waals surface area contributed by atoms with E-state index in [1.54, 1.807) is 24.3 Å². The molecule has 2 atom stereocenters. The number of sulfonamides is 1. The second kappa shape index (κ2) is 7.23. The van der Waals surface area contributed by atoms with Crippen LogP contribution in [0.1, 0.15) is 55.8 Å². The highest BCUT2D eigenvalue weighted by atomic mass is 32.2. The van der Waals surface area contributed by atoms with Gasteiger partial charge in [0.25, 0.3) is 5.91 Å². The standard InChI is InChI=1S/C18H26N2O3S/c1-14-6-2-3-7-17(14)19-18(21)15-8-10-16(11-9-15)24(22,23)20-12-4-5-13-20/h8-11,14,17H,2-7,12-13H2,1H3,(H,19,21)/t14-,17+/m0/s1. The van der Waals surface area contributed by atoms with E-state index in [1.165, 1.54) is 10.7 Å². The van der Waals surface area contributed by atoms with Crippen LogP contribution < -0.4 is 5.32 Å². The summed E-state index contributed by atoms with van der Waals surface area (Å²) < 4.78 is 26.5. The van der Waals surface area contributed by atoms with Crippen LogP contribution in [-0.2, 0) is 10.0 Å². The highest BCUT2D eigenvalue weighted by molar-refractivity contribution is 7.89. The van der Waals surface area contributed by atoms with Crippen molar-refractivity contribution in [3.8, 4) is 0 Å². The first-order chi connectivity index (χ1) is 11.5. The molecule has 2 aliphatic rings. The Morgan fingerprint density at radius 2 is 1.67 bits per heavy atom. The van der Waals surface area contributed by atoms with Crippen LogP contribution in [0.25, 0.3) is 0 Å². The molecule has 3 rings (SSSR count). The molecule has 1 aliphatic heterocycles. The Bertz CT molecular complexity index is 679. The van der Waals surface area contributed by atoms with E-state index in [1.807, 2.05) is 0 Å². The van der Waals surface area contributed by atoms with Crippen molar-refractivity contribution in [2.45, 2.75) is 56.4 Å². The second-order valence-corrected chi connectivity index (χ2v) is 8.92. The molecule has 0 spiro atoms. The van der Waals surface area contributed by atoms with E-state index in [0.717, 1.165) is 32.1 Å². The number of benzene rings is 1. The molecule has 1 N–H and O–H groups in total. The van der Waals surface area contributed by atoms with Crippen molar-refractivity contribution in [1.29, 1.82) is 0 Å². The first-order valence-corrected chi connectivity index (χ1v) is 10.3. The molecule has 1 aliphatic carbocycles. The van der Waals surface area contributed by atoms with Gasteiger partial charge >= 0.3 is 0 Å². The van der Waals surface area contributed by atoms with Crippen LogP contribution >= 0.6 is 0 Å². The fourth-order valence-corrected chi connectivity index (χ4v) is 5.16. The summed E-state index contributed by atoms with van der Waals surface area (Å²) in [7, 11) is -3.42. The zero-order chi connectivity index (χ0) is 17.2. The largest absolute Gasteiger partial charge is 0.349 e. The number of amides is 1. The molecule has 6 heteroatoms. The van der Waals surface area contributed by atoms with Crippen molar-refractivity contribution in [3.05, 3.63) is 29.8 Å². The van der Waals surface area contributed by atoms with Crippen molar-refractivity contribution in [3.63, 3.8) is 0 Å². The van der Waals surface area contributed by atoms with E-state index >= 15 is 0 Å². The molecule has 1 saturated carbocycles. The summed E-state index contributed by atoms with van der Waals surface area (Å²) >= 11 is 0. The molecule has 1 heterocycles. The minimum atomic E-state index is -3.42. The van der Waals surface area contributed by atoms with Crippen LogP contribution in [0.2, 0.25) is 0 Å². The predicted octanol–water partition coefficient (Wildman–Crippen LogP) is 2.78. The Kier molecular flexibility index (Phi) is 5.25. The highest BCUT2D eigenvalue weighted by Crippen LogP contribution is 2.24. The summed E-state index contributed by atoms with van der Waals surface area (Å²) in [6.45, 7) is 3.35. The van der Waals surface area contributed by atoms with Gasteiger partial charge in [0.2, 0.25) is 10.0 Å². The summed E-state index contributed by atoms with van der Waals surface area (Å²) in [6.07, 6.45) is 6.39. The fraction of sp³-hybridized carbons (Fsp3) is 0.611. The lowest BCUT2D eigenvalue weighted by atomic mass is 9.86. The molecule has 2 fully saturated rings. The molecule has 1 amide bonds. The van der Waals surface area contributed by atoms with Crippen LogP contribution in [0.15, 0.2) is 29.2 Å². The minimum absolute atomic E-state index is 0.112. The van der Waals surface area contributed by atoms with Crippen LogP contribution in [0, 0.1) is 5.92 Å². The van der Waals surface area contributed by atoms with Gasteiger partial charge in [-0.1, -0.05) is 19.8 Å². The average molecular weight is 350 g/mol. The van der Waals surface area contributed by atoms with Crippen molar-refractivity contribution >= 4 is 15.9 Å². The topological polar surface area (TPSA) is 66.5 Å². The summed E-state index contributed by atoms with van der Waals surface area (Å²) in [6, 6.07) is 6.55. The molecule has 24 heavy (non-hydrogen) atoms. The maximum Gasteiger partial charge on any atom is 0.251 e. The van der Waals surface area contributed by atoms with Crippen LogP contribution in [-0.4, -0.2) is 37.8 Å². The van der Waals surface area contributed by atoms with Gasteiger partial charge in [-0.05, 0) is 55.9 Å². The molecule has 1 aromatic carbocycles. The maximum absolute atomic E-state index is 12.5. The quantitative estimate of drug-likeness (QED) is 0.908. The lowest BCUT2D eigenvalue weighted by molar-refractivity contribution is 0.0910. The summed E-state index contributed by atoms with van der Waals surface area (Å²) in [4.78, 5) is 12.7. The molecule has 0 unspecified atom stereocenters. The molecular formula is C18H26N2O3S. The van der Waals surface area contributed by atoms with Gasteiger partial charge in [0.1, 0.15) is 0 Å². The van der Waals surface area contributed by atoms with Crippen molar-refractivity contribution in [2.75, 3.05) is 13.1 Å². The van der Waals surface area contributed by atoms with Gasteiger partial charge in [-0.25, -0.2) is 8.42 Å². The van der Waals surface area contributed by atoms with Gasteiger partial charge in [0.15, 0.2) is 0 Å². The monoisotopic (exact) mass is 350 g/mol. The molecule has 1 aromatic rings. The van der Waals surface area contributed by atoms with E-state index in [4.69, 9.17) is 0 Å². The lowest BCUT2D eigenvalue weighted by Gasteiger charge is -2.29. The van der Waals surface area contributed by atoms with E-state index in [9.17, 15) is 13.2 Å². The van der Waals surface area contributed by atoms with Gasteiger partial charge in [-0.2, -0.15) is 4.31 Å². The van der Waals surface area contributed by atoms with E-state index in [2.05, 4.69) is 12.2 Å². The van der Waals surface area contributed by atoms with Crippen LogP contribution in [0.5, 0.6) is 0 Å². The number of hydrogen-bond acceptors (Lipinski definition) is 3. The third kappa shape index (κ3) is 3.64. The van der Waals surface area contributed by atoms with Gasteiger partial charge < -0.3 is 5.32 Å². The molecule has 132 valence electrons. The molecular weight excluding hydrogens is 324 g/mol. The molecule has 0 bridgehead atoms. The van der Waals surface area contributed by atoms with Crippen molar-refractivity contribution in [1.82, 2.24) is 9.62 Å². The maximum atomic E-state index is 12.5. The lowest BCUT2D eigenvalue weighted by Crippen LogP contribution is -2.41. The molecule has 5 nitrogen and oxygen atoms in total. The summed E-state index contributed by atoms with van der Waals surface area (Å²) in [5, 5.41) is 3.10. The number of rotatable bonds is 4. The van der Waals surface area contributed by atoms with E-state index in [-0.39, 0.29) is 16.8 Å². The summed E-state index contributed by atoms with van der Waals surface area (Å²) in [5.74, 6) is 0.386. The Labute approximate surface area is 144 Å². The Morgan fingerprint density at radius 1 is 1.04 bits per heavy atom. The first kappa shape index (κ1) is 17.4. The number of nitrogens with zero attached hydrogens (tertiary/aromatic N) is 1. The average Bonchev–Trinajstić information content (AvgIpc) is 3.12. The molecule has 0 aromatic heterocycles. The molecule has 0 radical (unpaired) electrons. The molecule has 1 saturated heterocycles. The third-order valence-corrected chi connectivity index (χ3v) is 7.16. The number of carbonyl (C=O) groups excluding carboxylic acids is 1. The number of hydrogen-bond donors (Lipinski definition) is 1. The van der Waals surface area contributed by atoms with E-state index < -0.39 is 10.0 Å². The first-order valence-electron chi connectivity index (χ1n) is 8.89. The van der Waals surface area contributed by atoms with Crippen LogP contribution in [0.4, 0.5) is 0 Å². The number of nitrogens with one attached hydrogen (secondary N) is 1. The van der Waals surface area contributed by atoms with Crippen molar-refractivity contribution < 1.29 is 13.2 Å². The normalized spacial score (nSPS) is 25.5. The Morgan fingerprint density at radius 3 is 2.29 bits per heavy atom. The summed E-state index contributed by atoms with van der Waals surface area (Å²) in [5.41, 5.74) is 0.521. The Hall–Kier alpha value is -1.40. The van der Waals surface area contributed by atoms with Gasteiger partial charge in [-0.15, -0.1) is 0 Å². The second-order valence-electron chi connectivity index (χ2n) is 6.98. The third-order valence-electron chi connectivity index (χ3n) is 5.25. The van der Waals surface area contributed by atoms with Gasteiger partial charge in [0.05, 0.1) is 4.90 Å². The van der Waals surface area contributed by atoms with Crippen molar-refractivity contribution in [2.24, 2.45) is 5.92 Å². The smallest absolute Gasteiger partial charge is 0.251 e. The highest BCUT2D eigenvalue weighted by Gasteiger charge is 2.27. The SMILES string of the molecule is C[C@H]1CCCC[C@H]1NC(=O)c1ccc(S(=O)(=O)N2CCCC2)cc1.